The molecular formula is C14H22N4O2. The van der Waals surface area contributed by atoms with E-state index < -0.39 is 0 Å². The van der Waals surface area contributed by atoms with Crippen molar-refractivity contribution >= 4 is 11.7 Å². The molecule has 1 fully saturated rings. The van der Waals surface area contributed by atoms with Crippen LogP contribution in [0.15, 0.2) is 18.3 Å². The molecule has 6 nitrogen and oxygen atoms in total. The third-order valence-electron chi connectivity index (χ3n) is 3.53. The van der Waals surface area contributed by atoms with Gasteiger partial charge >= 0.3 is 0 Å². The lowest BCUT2D eigenvalue weighted by Gasteiger charge is -2.34. The maximum Gasteiger partial charge on any atom is 0.254 e. The number of aliphatic hydroxyl groups excluding tert-OH is 1. The minimum Gasteiger partial charge on any atom is -0.395 e. The highest BCUT2D eigenvalue weighted by Gasteiger charge is 2.22. The van der Waals surface area contributed by atoms with Gasteiger partial charge in [-0.1, -0.05) is 0 Å². The number of anilines is 1. The van der Waals surface area contributed by atoms with Crippen LogP contribution in [-0.2, 0) is 0 Å². The lowest BCUT2D eigenvalue weighted by atomic mass is 10.2. The Balaban J connectivity index is 2.00. The zero-order valence-corrected chi connectivity index (χ0v) is 12.1. The molecule has 2 heterocycles. The van der Waals surface area contributed by atoms with Crippen molar-refractivity contribution in [2.45, 2.75) is 0 Å². The van der Waals surface area contributed by atoms with Crippen molar-refractivity contribution in [3.63, 3.8) is 0 Å². The number of amides is 1. The first-order valence-corrected chi connectivity index (χ1v) is 6.87. The molecule has 1 N–H and O–H groups in total. The molecule has 0 radical (unpaired) electrons. The van der Waals surface area contributed by atoms with E-state index in [1.54, 1.807) is 12.3 Å². The maximum atomic E-state index is 12.5. The summed E-state index contributed by atoms with van der Waals surface area (Å²) in [6, 6.07) is 3.58. The molecule has 0 aromatic carbocycles. The fraction of sp³-hybridized carbons (Fsp3) is 0.571. The van der Waals surface area contributed by atoms with Gasteiger partial charge in [0, 0.05) is 58.6 Å². The van der Waals surface area contributed by atoms with E-state index in [1.807, 2.05) is 30.0 Å². The summed E-state index contributed by atoms with van der Waals surface area (Å²) in [5.41, 5.74) is 0.680. The van der Waals surface area contributed by atoms with Gasteiger partial charge in [0.15, 0.2) is 0 Å². The molecule has 0 saturated carbocycles. The van der Waals surface area contributed by atoms with E-state index in [9.17, 15) is 4.79 Å². The second-order valence-corrected chi connectivity index (χ2v) is 5.15. The van der Waals surface area contributed by atoms with Crippen molar-refractivity contribution in [1.29, 1.82) is 0 Å². The van der Waals surface area contributed by atoms with Gasteiger partial charge in [0.1, 0.15) is 5.82 Å². The summed E-state index contributed by atoms with van der Waals surface area (Å²) in [7, 11) is 3.81. The normalized spacial score (nSPS) is 16.2. The second-order valence-electron chi connectivity index (χ2n) is 5.15. The predicted molar refractivity (Wildman–Crippen MR) is 78.0 cm³/mol. The van der Waals surface area contributed by atoms with Gasteiger partial charge in [-0.05, 0) is 12.1 Å². The van der Waals surface area contributed by atoms with Gasteiger partial charge < -0.3 is 14.9 Å². The van der Waals surface area contributed by atoms with Crippen LogP contribution in [0.3, 0.4) is 0 Å². The molecule has 1 aromatic rings. The van der Waals surface area contributed by atoms with Gasteiger partial charge in [0.05, 0.1) is 6.61 Å². The largest absolute Gasteiger partial charge is 0.395 e. The number of nitrogens with zero attached hydrogens (tertiary/aromatic N) is 4. The molecule has 1 aliphatic rings. The summed E-state index contributed by atoms with van der Waals surface area (Å²) in [5, 5.41) is 8.92. The predicted octanol–water partition coefficient (Wildman–Crippen LogP) is -0.102. The van der Waals surface area contributed by atoms with Crippen molar-refractivity contribution in [1.82, 2.24) is 14.8 Å². The number of β-amino-alcohol motifs (C(OH)–C–C–N with tert-alkyl or cyclic N) is 1. The number of aliphatic hydroxyl groups is 1. The van der Waals surface area contributed by atoms with Crippen LogP contribution < -0.4 is 4.90 Å². The standard InChI is InChI=1S/C14H22N4O2/c1-16(2)13-11-12(3-4-15-13)14(20)18-7-5-17(6-8-18)9-10-19/h3-4,11,19H,5-10H2,1-2H3. The summed E-state index contributed by atoms with van der Waals surface area (Å²) in [6.45, 7) is 3.90. The minimum absolute atomic E-state index is 0.0548. The molecule has 1 amide bonds. The number of pyridine rings is 1. The molecule has 20 heavy (non-hydrogen) atoms. The van der Waals surface area contributed by atoms with Crippen molar-refractivity contribution in [2.24, 2.45) is 0 Å². The Morgan fingerprint density at radius 3 is 2.65 bits per heavy atom. The van der Waals surface area contributed by atoms with Gasteiger partial charge in [-0.3, -0.25) is 9.69 Å². The number of hydrogen-bond acceptors (Lipinski definition) is 5. The highest BCUT2D eigenvalue weighted by atomic mass is 16.3. The molecule has 1 aromatic heterocycles. The van der Waals surface area contributed by atoms with Crippen LogP contribution in [-0.4, -0.2) is 79.2 Å². The van der Waals surface area contributed by atoms with E-state index in [4.69, 9.17) is 5.11 Å². The van der Waals surface area contributed by atoms with Crippen molar-refractivity contribution in [3.05, 3.63) is 23.9 Å². The Bertz CT molecular complexity index is 456. The summed E-state index contributed by atoms with van der Waals surface area (Å²) in [5.74, 6) is 0.842. The maximum absolute atomic E-state index is 12.5. The van der Waals surface area contributed by atoms with Gasteiger partial charge in [0.25, 0.3) is 5.91 Å². The monoisotopic (exact) mass is 278 g/mol. The first-order valence-electron chi connectivity index (χ1n) is 6.87. The number of piperazine rings is 1. The number of aromatic nitrogens is 1. The third-order valence-corrected chi connectivity index (χ3v) is 3.53. The van der Waals surface area contributed by atoms with Gasteiger partial charge in [-0.2, -0.15) is 0 Å². The van der Waals surface area contributed by atoms with Gasteiger partial charge in [0.2, 0.25) is 0 Å². The number of hydrogen-bond donors (Lipinski definition) is 1. The highest BCUT2D eigenvalue weighted by molar-refractivity contribution is 5.94. The summed E-state index contributed by atoms with van der Waals surface area (Å²) < 4.78 is 0. The van der Waals surface area contributed by atoms with Crippen LogP contribution in [0.4, 0.5) is 5.82 Å². The summed E-state index contributed by atoms with van der Waals surface area (Å²) in [4.78, 5) is 22.6. The first-order chi connectivity index (χ1) is 9.61. The van der Waals surface area contributed by atoms with Crippen molar-refractivity contribution in [2.75, 3.05) is 58.3 Å². The Morgan fingerprint density at radius 2 is 2.05 bits per heavy atom. The Labute approximate surface area is 119 Å². The molecule has 110 valence electrons. The van der Waals surface area contributed by atoms with E-state index in [0.29, 0.717) is 25.2 Å². The fourth-order valence-electron chi connectivity index (χ4n) is 2.29. The van der Waals surface area contributed by atoms with Crippen LogP contribution in [0.2, 0.25) is 0 Å². The molecule has 0 bridgehead atoms. The first kappa shape index (κ1) is 14.7. The molecule has 2 rings (SSSR count). The molecule has 0 atom stereocenters. The number of rotatable bonds is 4. The highest BCUT2D eigenvalue weighted by Crippen LogP contribution is 2.13. The Morgan fingerprint density at radius 1 is 1.35 bits per heavy atom. The lowest BCUT2D eigenvalue weighted by molar-refractivity contribution is 0.0615. The average Bonchev–Trinajstić information content (AvgIpc) is 2.48. The van der Waals surface area contributed by atoms with Crippen LogP contribution in [0.25, 0.3) is 0 Å². The quantitative estimate of drug-likeness (QED) is 0.833. The van der Waals surface area contributed by atoms with E-state index >= 15 is 0 Å². The van der Waals surface area contributed by atoms with Crippen molar-refractivity contribution < 1.29 is 9.90 Å². The SMILES string of the molecule is CN(C)c1cc(C(=O)N2CCN(CCO)CC2)ccn1. The van der Waals surface area contributed by atoms with E-state index in [0.717, 1.165) is 18.9 Å². The Kier molecular flexibility index (Phi) is 4.92. The van der Waals surface area contributed by atoms with E-state index in [2.05, 4.69) is 9.88 Å². The zero-order chi connectivity index (χ0) is 14.5. The molecular weight excluding hydrogens is 256 g/mol. The smallest absolute Gasteiger partial charge is 0.254 e. The average molecular weight is 278 g/mol. The topological polar surface area (TPSA) is 59.9 Å². The number of carbonyl (C=O) groups excluding carboxylic acids is 1. The van der Waals surface area contributed by atoms with Crippen LogP contribution >= 0.6 is 0 Å². The number of carbonyl (C=O) groups is 1. The van der Waals surface area contributed by atoms with E-state index in [1.165, 1.54) is 0 Å². The van der Waals surface area contributed by atoms with Gasteiger partial charge in [-0.25, -0.2) is 4.98 Å². The minimum atomic E-state index is 0.0548. The Hall–Kier alpha value is -1.66. The van der Waals surface area contributed by atoms with Crippen molar-refractivity contribution in [3.8, 4) is 0 Å². The molecule has 1 saturated heterocycles. The third kappa shape index (κ3) is 3.46. The molecule has 0 aliphatic carbocycles. The lowest BCUT2D eigenvalue weighted by Crippen LogP contribution is -2.49. The van der Waals surface area contributed by atoms with Crippen LogP contribution in [0.5, 0.6) is 0 Å². The second kappa shape index (κ2) is 6.67. The van der Waals surface area contributed by atoms with Gasteiger partial charge in [-0.15, -0.1) is 0 Å². The summed E-state index contributed by atoms with van der Waals surface area (Å²) >= 11 is 0. The zero-order valence-electron chi connectivity index (χ0n) is 12.1. The van der Waals surface area contributed by atoms with Crippen LogP contribution in [0, 0.1) is 0 Å². The molecule has 6 heteroatoms. The molecule has 0 unspecified atom stereocenters. The van der Waals surface area contributed by atoms with Crippen LogP contribution in [0.1, 0.15) is 10.4 Å². The molecule has 1 aliphatic heterocycles. The van der Waals surface area contributed by atoms with E-state index in [-0.39, 0.29) is 12.5 Å². The molecule has 0 spiro atoms. The fourth-order valence-corrected chi connectivity index (χ4v) is 2.29. The summed E-state index contributed by atoms with van der Waals surface area (Å²) in [6.07, 6.45) is 1.67.